The van der Waals surface area contributed by atoms with E-state index < -0.39 is 0 Å². The molecule has 0 radical (unpaired) electrons. The molecule has 0 unspecified atom stereocenters. The van der Waals surface area contributed by atoms with E-state index in [-0.39, 0.29) is 11.3 Å². The van der Waals surface area contributed by atoms with Gasteiger partial charge < -0.3 is 9.73 Å². The molecular formula is C22H16BrNO3. The Bertz CT molecular complexity index is 1260. The molecule has 0 atom stereocenters. The van der Waals surface area contributed by atoms with Gasteiger partial charge in [0.05, 0.1) is 10.8 Å². The second-order valence-electron chi connectivity index (χ2n) is 6.54. The zero-order chi connectivity index (χ0) is 19.1. The van der Waals surface area contributed by atoms with Crippen LogP contribution in [0.5, 0.6) is 0 Å². The largest absolute Gasteiger partial charge is 0.456 e. The number of halogens is 1. The van der Waals surface area contributed by atoms with Gasteiger partial charge in [0.2, 0.25) is 5.43 Å². The van der Waals surface area contributed by atoms with Crippen molar-refractivity contribution >= 4 is 49.5 Å². The fourth-order valence-corrected chi connectivity index (χ4v) is 3.26. The highest BCUT2D eigenvalue weighted by molar-refractivity contribution is 9.10. The molecule has 0 aliphatic carbocycles. The summed E-state index contributed by atoms with van der Waals surface area (Å²) in [6, 6.07) is 15.9. The Morgan fingerprint density at radius 3 is 2.30 bits per heavy atom. The Morgan fingerprint density at radius 1 is 0.889 bits per heavy atom. The number of hydrogen-bond acceptors (Lipinski definition) is 3. The van der Waals surface area contributed by atoms with Crippen molar-refractivity contribution in [2.75, 3.05) is 5.32 Å². The molecule has 5 heteroatoms. The van der Waals surface area contributed by atoms with Crippen molar-refractivity contribution in [2.24, 2.45) is 0 Å². The Kier molecular flexibility index (Phi) is 4.32. The molecule has 3 aromatic carbocycles. The molecule has 0 fully saturated rings. The van der Waals surface area contributed by atoms with Gasteiger partial charge in [0.25, 0.3) is 5.91 Å². The molecule has 4 rings (SSSR count). The molecule has 134 valence electrons. The van der Waals surface area contributed by atoms with Crippen LogP contribution in [0.2, 0.25) is 0 Å². The maximum Gasteiger partial charge on any atom is 0.255 e. The summed E-state index contributed by atoms with van der Waals surface area (Å²) in [4.78, 5) is 25.2. The van der Waals surface area contributed by atoms with Crippen LogP contribution >= 0.6 is 15.9 Å². The van der Waals surface area contributed by atoms with Crippen LogP contribution in [0.15, 0.2) is 68.3 Å². The minimum absolute atomic E-state index is 0.0693. The number of rotatable bonds is 2. The lowest BCUT2D eigenvalue weighted by atomic mass is 10.1. The molecule has 1 aromatic heterocycles. The first-order valence-corrected chi connectivity index (χ1v) is 9.26. The average Bonchev–Trinajstić information content (AvgIpc) is 2.64. The minimum atomic E-state index is -0.226. The van der Waals surface area contributed by atoms with Gasteiger partial charge in [-0.2, -0.15) is 0 Å². The van der Waals surface area contributed by atoms with Crippen molar-refractivity contribution in [3.63, 3.8) is 0 Å². The first kappa shape index (κ1) is 17.5. The van der Waals surface area contributed by atoms with Crippen molar-refractivity contribution < 1.29 is 9.21 Å². The van der Waals surface area contributed by atoms with E-state index in [2.05, 4.69) is 21.2 Å². The highest BCUT2D eigenvalue weighted by Gasteiger charge is 2.11. The lowest BCUT2D eigenvalue weighted by molar-refractivity contribution is 0.102. The first-order valence-electron chi connectivity index (χ1n) is 8.47. The number of amides is 1. The van der Waals surface area contributed by atoms with Gasteiger partial charge in [-0.1, -0.05) is 15.9 Å². The number of carbonyl (C=O) groups is 1. The van der Waals surface area contributed by atoms with Crippen molar-refractivity contribution in [3.8, 4) is 0 Å². The van der Waals surface area contributed by atoms with E-state index in [0.29, 0.717) is 33.2 Å². The Hall–Kier alpha value is -2.92. The molecule has 0 bridgehead atoms. The van der Waals surface area contributed by atoms with Crippen molar-refractivity contribution in [3.05, 3.63) is 86.0 Å². The second-order valence-corrected chi connectivity index (χ2v) is 7.45. The number of nitrogens with one attached hydrogen (secondary N) is 1. The summed E-state index contributed by atoms with van der Waals surface area (Å²) in [5.74, 6) is -0.226. The molecular weight excluding hydrogens is 406 g/mol. The maximum atomic E-state index is 12.8. The third-order valence-corrected chi connectivity index (χ3v) is 5.18. The van der Waals surface area contributed by atoms with Gasteiger partial charge >= 0.3 is 0 Å². The van der Waals surface area contributed by atoms with Crippen LogP contribution in [-0.2, 0) is 0 Å². The fourth-order valence-electron chi connectivity index (χ4n) is 2.99. The van der Waals surface area contributed by atoms with Crippen LogP contribution in [-0.4, -0.2) is 5.91 Å². The summed E-state index contributed by atoms with van der Waals surface area (Å²) in [6.07, 6.45) is 0. The molecule has 0 aliphatic rings. The van der Waals surface area contributed by atoms with Crippen molar-refractivity contribution in [1.29, 1.82) is 0 Å². The highest BCUT2D eigenvalue weighted by Crippen LogP contribution is 2.24. The minimum Gasteiger partial charge on any atom is -0.456 e. The first-order chi connectivity index (χ1) is 12.9. The van der Waals surface area contributed by atoms with Crippen molar-refractivity contribution in [2.45, 2.75) is 13.8 Å². The van der Waals surface area contributed by atoms with Crippen LogP contribution in [0.3, 0.4) is 0 Å². The number of hydrogen-bond donors (Lipinski definition) is 1. The van der Waals surface area contributed by atoms with E-state index >= 15 is 0 Å². The quantitative estimate of drug-likeness (QED) is 0.429. The number of anilines is 1. The zero-order valence-electron chi connectivity index (χ0n) is 14.8. The summed E-state index contributed by atoms with van der Waals surface area (Å²) < 4.78 is 6.86. The summed E-state index contributed by atoms with van der Waals surface area (Å²) in [6.45, 7) is 3.95. The number of carbonyl (C=O) groups excluding carboxylic acids is 1. The lowest BCUT2D eigenvalue weighted by Crippen LogP contribution is -2.12. The maximum absolute atomic E-state index is 12.8. The Morgan fingerprint density at radius 2 is 1.56 bits per heavy atom. The van der Waals surface area contributed by atoms with Crippen LogP contribution in [0.4, 0.5) is 5.69 Å². The molecule has 0 aliphatic heterocycles. The van der Waals surface area contributed by atoms with Crippen LogP contribution in [0, 0.1) is 13.8 Å². The third-order valence-electron chi connectivity index (χ3n) is 4.65. The van der Waals surface area contributed by atoms with Gasteiger partial charge in [-0.25, -0.2) is 0 Å². The number of benzene rings is 3. The van der Waals surface area contributed by atoms with E-state index in [4.69, 9.17) is 4.42 Å². The molecule has 0 spiro atoms. The van der Waals surface area contributed by atoms with Gasteiger partial charge in [0, 0.05) is 21.8 Å². The van der Waals surface area contributed by atoms with Gasteiger partial charge in [-0.05, 0) is 73.5 Å². The van der Waals surface area contributed by atoms with Gasteiger partial charge in [0.15, 0.2) is 0 Å². The fraction of sp³-hybridized carbons (Fsp3) is 0.0909. The summed E-state index contributed by atoms with van der Waals surface area (Å²) >= 11 is 3.35. The molecule has 4 nitrogen and oxygen atoms in total. The predicted molar refractivity (Wildman–Crippen MR) is 112 cm³/mol. The summed E-state index contributed by atoms with van der Waals surface area (Å²) in [5.41, 5.74) is 4.15. The topological polar surface area (TPSA) is 59.3 Å². The van der Waals surface area contributed by atoms with Gasteiger partial charge in [-0.15, -0.1) is 0 Å². The predicted octanol–water partition coefficient (Wildman–Crippen LogP) is 5.58. The van der Waals surface area contributed by atoms with E-state index in [1.165, 1.54) is 0 Å². The molecule has 1 N–H and O–H groups in total. The Labute approximate surface area is 163 Å². The molecule has 0 saturated carbocycles. The van der Waals surface area contributed by atoms with Crippen LogP contribution < -0.4 is 10.7 Å². The highest BCUT2D eigenvalue weighted by atomic mass is 79.9. The molecule has 1 amide bonds. The van der Waals surface area contributed by atoms with Gasteiger partial charge in [0.1, 0.15) is 11.2 Å². The molecule has 1 heterocycles. The molecule has 0 saturated heterocycles. The second kappa shape index (κ2) is 6.67. The lowest BCUT2D eigenvalue weighted by Gasteiger charge is -2.08. The number of fused-ring (bicyclic) bond motifs is 2. The number of aryl methyl sites for hydroxylation is 2. The van der Waals surface area contributed by atoms with E-state index in [9.17, 15) is 9.59 Å². The average molecular weight is 422 g/mol. The Balaban J connectivity index is 1.76. The van der Waals surface area contributed by atoms with Gasteiger partial charge in [-0.3, -0.25) is 9.59 Å². The van der Waals surface area contributed by atoms with E-state index in [1.54, 1.807) is 30.3 Å². The molecule has 4 aromatic rings. The SMILES string of the molecule is Cc1cc2oc3cc(NC(=O)c4ccc(Br)cc4)ccc3c(=O)c2cc1C. The smallest absolute Gasteiger partial charge is 0.255 e. The van der Waals surface area contributed by atoms with E-state index in [0.717, 1.165) is 15.6 Å². The van der Waals surface area contributed by atoms with E-state index in [1.807, 2.05) is 38.1 Å². The van der Waals surface area contributed by atoms with Crippen molar-refractivity contribution in [1.82, 2.24) is 0 Å². The normalized spacial score (nSPS) is 11.1. The molecule has 27 heavy (non-hydrogen) atoms. The van der Waals surface area contributed by atoms with Crippen LogP contribution in [0.25, 0.3) is 21.9 Å². The summed E-state index contributed by atoms with van der Waals surface area (Å²) in [7, 11) is 0. The third kappa shape index (κ3) is 3.26. The van der Waals surface area contributed by atoms with Crippen LogP contribution in [0.1, 0.15) is 21.5 Å². The zero-order valence-corrected chi connectivity index (χ0v) is 16.4. The summed E-state index contributed by atoms with van der Waals surface area (Å²) in [5, 5.41) is 3.90. The monoisotopic (exact) mass is 421 g/mol. The standard InChI is InChI=1S/C22H16BrNO3/c1-12-9-18-19(10-13(12)2)27-20-11-16(7-8-17(20)21(18)25)24-22(26)14-3-5-15(23)6-4-14/h3-11H,1-2H3,(H,24,26).